The molecule has 0 aliphatic heterocycles. The molecule has 0 bridgehead atoms. The first kappa shape index (κ1) is 12.1. The highest BCUT2D eigenvalue weighted by Gasteiger charge is 2.14. The third kappa shape index (κ3) is 2.19. The second kappa shape index (κ2) is 5.33. The minimum Gasteiger partial charge on any atom is -0.496 e. The third-order valence-corrected chi connectivity index (χ3v) is 2.67. The van der Waals surface area contributed by atoms with Crippen molar-refractivity contribution in [3.05, 3.63) is 54.1 Å². The van der Waals surface area contributed by atoms with Gasteiger partial charge in [-0.05, 0) is 17.7 Å². The van der Waals surface area contributed by atoms with Crippen LogP contribution in [0.4, 0.5) is 0 Å². The SMILES string of the molecule is COc1ccccc1-c1ccccc1C(=O)NO. The molecule has 4 heteroatoms. The normalized spacial score (nSPS) is 9.89. The Morgan fingerprint density at radius 1 is 1.06 bits per heavy atom. The van der Waals surface area contributed by atoms with Crippen molar-refractivity contribution in [2.75, 3.05) is 7.11 Å². The molecular formula is C14H13NO3. The Morgan fingerprint density at radius 3 is 2.33 bits per heavy atom. The molecule has 0 aliphatic carbocycles. The van der Waals surface area contributed by atoms with Crippen molar-refractivity contribution in [1.29, 1.82) is 0 Å². The number of hydrogen-bond acceptors (Lipinski definition) is 3. The second-order valence-electron chi connectivity index (χ2n) is 3.69. The molecule has 2 rings (SSSR count). The topological polar surface area (TPSA) is 58.6 Å². The zero-order chi connectivity index (χ0) is 13.0. The first-order chi connectivity index (χ1) is 8.77. The van der Waals surface area contributed by atoms with E-state index in [4.69, 9.17) is 9.94 Å². The highest BCUT2D eigenvalue weighted by Crippen LogP contribution is 2.31. The fraction of sp³-hybridized carbons (Fsp3) is 0.0714. The van der Waals surface area contributed by atoms with Gasteiger partial charge < -0.3 is 4.74 Å². The van der Waals surface area contributed by atoms with Gasteiger partial charge >= 0.3 is 0 Å². The van der Waals surface area contributed by atoms with Crippen LogP contribution in [0.2, 0.25) is 0 Å². The lowest BCUT2D eigenvalue weighted by atomic mass is 9.98. The molecule has 0 heterocycles. The summed E-state index contributed by atoms with van der Waals surface area (Å²) in [6.07, 6.45) is 0. The largest absolute Gasteiger partial charge is 0.496 e. The van der Waals surface area contributed by atoms with E-state index < -0.39 is 5.91 Å². The molecule has 2 N–H and O–H groups in total. The lowest BCUT2D eigenvalue weighted by Crippen LogP contribution is -2.19. The van der Waals surface area contributed by atoms with Crippen LogP contribution in [0.25, 0.3) is 11.1 Å². The number of ether oxygens (including phenoxy) is 1. The van der Waals surface area contributed by atoms with Gasteiger partial charge in [0.1, 0.15) is 5.75 Å². The van der Waals surface area contributed by atoms with E-state index in [0.29, 0.717) is 16.9 Å². The number of carbonyl (C=O) groups is 1. The summed E-state index contributed by atoms with van der Waals surface area (Å²) in [5.74, 6) is 0.132. The molecule has 0 saturated heterocycles. The summed E-state index contributed by atoms with van der Waals surface area (Å²) < 4.78 is 5.27. The number of amides is 1. The maximum atomic E-state index is 11.6. The van der Waals surface area contributed by atoms with Crippen LogP contribution in [0.15, 0.2) is 48.5 Å². The van der Waals surface area contributed by atoms with Crippen LogP contribution in [0.1, 0.15) is 10.4 Å². The number of methoxy groups -OCH3 is 1. The number of para-hydroxylation sites is 1. The van der Waals surface area contributed by atoms with Crippen LogP contribution in [-0.2, 0) is 0 Å². The van der Waals surface area contributed by atoms with Gasteiger partial charge in [-0.1, -0.05) is 36.4 Å². The lowest BCUT2D eigenvalue weighted by Gasteiger charge is -2.11. The number of hydroxylamine groups is 1. The lowest BCUT2D eigenvalue weighted by molar-refractivity contribution is 0.0707. The van der Waals surface area contributed by atoms with E-state index in [9.17, 15) is 4.79 Å². The fourth-order valence-electron chi connectivity index (χ4n) is 1.84. The number of rotatable bonds is 3. The van der Waals surface area contributed by atoms with E-state index in [1.54, 1.807) is 24.7 Å². The van der Waals surface area contributed by atoms with E-state index in [-0.39, 0.29) is 0 Å². The molecule has 2 aromatic rings. The van der Waals surface area contributed by atoms with Crippen molar-refractivity contribution >= 4 is 5.91 Å². The molecule has 1 amide bonds. The molecule has 0 atom stereocenters. The number of nitrogens with one attached hydrogen (secondary N) is 1. The first-order valence-corrected chi connectivity index (χ1v) is 5.44. The van der Waals surface area contributed by atoms with Gasteiger partial charge in [-0.3, -0.25) is 10.0 Å². The number of benzene rings is 2. The minimum absolute atomic E-state index is 0.393. The summed E-state index contributed by atoms with van der Waals surface area (Å²) in [6.45, 7) is 0. The summed E-state index contributed by atoms with van der Waals surface area (Å²) in [5, 5.41) is 8.76. The average molecular weight is 243 g/mol. The van der Waals surface area contributed by atoms with Crippen molar-refractivity contribution in [1.82, 2.24) is 5.48 Å². The van der Waals surface area contributed by atoms with Crippen LogP contribution in [-0.4, -0.2) is 18.2 Å². The fourth-order valence-corrected chi connectivity index (χ4v) is 1.84. The van der Waals surface area contributed by atoms with Crippen molar-refractivity contribution in [3.8, 4) is 16.9 Å². The molecule has 0 spiro atoms. The van der Waals surface area contributed by atoms with Gasteiger partial charge in [0, 0.05) is 11.1 Å². The Kier molecular flexibility index (Phi) is 3.60. The molecule has 4 nitrogen and oxygen atoms in total. The summed E-state index contributed by atoms with van der Waals surface area (Å²) in [4.78, 5) is 11.6. The zero-order valence-corrected chi connectivity index (χ0v) is 9.88. The smallest absolute Gasteiger partial charge is 0.275 e. The van der Waals surface area contributed by atoms with Crippen molar-refractivity contribution in [2.45, 2.75) is 0 Å². The maximum absolute atomic E-state index is 11.6. The van der Waals surface area contributed by atoms with Gasteiger partial charge in [0.15, 0.2) is 0 Å². The van der Waals surface area contributed by atoms with E-state index in [1.165, 1.54) is 0 Å². The molecule has 2 aromatic carbocycles. The van der Waals surface area contributed by atoms with Gasteiger partial charge in [-0.15, -0.1) is 0 Å². The molecule has 18 heavy (non-hydrogen) atoms. The van der Waals surface area contributed by atoms with Crippen LogP contribution in [0, 0.1) is 0 Å². The standard InChI is InChI=1S/C14H13NO3/c1-18-13-9-5-4-7-11(13)10-6-2-3-8-12(10)14(16)15-17/h2-9,17H,1H3,(H,15,16). The minimum atomic E-state index is -0.545. The first-order valence-electron chi connectivity index (χ1n) is 5.44. The summed E-state index contributed by atoms with van der Waals surface area (Å²) in [7, 11) is 1.58. The van der Waals surface area contributed by atoms with Crippen molar-refractivity contribution in [3.63, 3.8) is 0 Å². The highest BCUT2D eigenvalue weighted by atomic mass is 16.5. The Balaban J connectivity index is 2.60. The van der Waals surface area contributed by atoms with Gasteiger partial charge in [0.25, 0.3) is 5.91 Å². The average Bonchev–Trinajstić information content (AvgIpc) is 2.46. The molecule has 0 unspecified atom stereocenters. The Morgan fingerprint density at radius 2 is 1.67 bits per heavy atom. The quantitative estimate of drug-likeness (QED) is 0.643. The zero-order valence-electron chi connectivity index (χ0n) is 9.88. The molecule has 0 saturated carbocycles. The van der Waals surface area contributed by atoms with E-state index >= 15 is 0 Å². The third-order valence-electron chi connectivity index (χ3n) is 2.67. The van der Waals surface area contributed by atoms with Crippen molar-refractivity contribution < 1.29 is 14.7 Å². The summed E-state index contributed by atoms with van der Waals surface area (Å²) >= 11 is 0. The van der Waals surface area contributed by atoms with E-state index in [2.05, 4.69) is 0 Å². The van der Waals surface area contributed by atoms with Crippen molar-refractivity contribution in [2.24, 2.45) is 0 Å². The summed E-state index contributed by atoms with van der Waals surface area (Å²) in [5.41, 5.74) is 3.56. The molecule has 0 fully saturated rings. The predicted octanol–water partition coefficient (Wildman–Crippen LogP) is 2.48. The number of hydrogen-bond donors (Lipinski definition) is 2. The van der Waals surface area contributed by atoms with Crippen LogP contribution in [0.3, 0.4) is 0 Å². The molecule has 0 aromatic heterocycles. The van der Waals surface area contributed by atoms with Crippen LogP contribution < -0.4 is 10.2 Å². The molecule has 92 valence electrons. The molecule has 0 radical (unpaired) electrons. The molecular weight excluding hydrogens is 230 g/mol. The maximum Gasteiger partial charge on any atom is 0.275 e. The number of carbonyl (C=O) groups excluding carboxylic acids is 1. The molecule has 0 aliphatic rings. The van der Waals surface area contributed by atoms with E-state index in [0.717, 1.165) is 5.56 Å². The Labute approximate surface area is 105 Å². The van der Waals surface area contributed by atoms with Gasteiger partial charge in [0.2, 0.25) is 0 Å². The van der Waals surface area contributed by atoms with Gasteiger partial charge in [0.05, 0.1) is 7.11 Å². The van der Waals surface area contributed by atoms with Crippen LogP contribution in [0.5, 0.6) is 5.75 Å². The Hall–Kier alpha value is -2.33. The van der Waals surface area contributed by atoms with E-state index in [1.807, 2.05) is 36.4 Å². The highest BCUT2D eigenvalue weighted by molar-refractivity contribution is 6.00. The Bertz CT molecular complexity index is 566. The van der Waals surface area contributed by atoms with Gasteiger partial charge in [-0.25, -0.2) is 5.48 Å². The van der Waals surface area contributed by atoms with Crippen LogP contribution >= 0.6 is 0 Å². The summed E-state index contributed by atoms with van der Waals surface area (Å²) in [6, 6.07) is 14.4. The second-order valence-corrected chi connectivity index (χ2v) is 3.69. The van der Waals surface area contributed by atoms with Gasteiger partial charge in [-0.2, -0.15) is 0 Å². The predicted molar refractivity (Wildman–Crippen MR) is 67.7 cm³/mol. The monoisotopic (exact) mass is 243 g/mol.